The van der Waals surface area contributed by atoms with Gasteiger partial charge in [-0.15, -0.1) is 0 Å². The van der Waals surface area contributed by atoms with E-state index in [0.29, 0.717) is 12.1 Å². The van der Waals surface area contributed by atoms with Crippen LogP contribution in [0.2, 0.25) is 0 Å². The number of alkyl carbamates (subject to hydrolysis) is 1. The van der Waals surface area contributed by atoms with Gasteiger partial charge in [0.2, 0.25) is 0 Å². The largest absolute Gasteiger partial charge is 0.444 e. The molecule has 1 heterocycles. The first-order valence-electron chi connectivity index (χ1n) is 8.67. The van der Waals surface area contributed by atoms with Gasteiger partial charge in [0.15, 0.2) is 0 Å². The monoisotopic (exact) mass is 307 g/mol. The van der Waals surface area contributed by atoms with Crippen molar-refractivity contribution >= 4 is 12.3 Å². The summed E-state index contributed by atoms with van der Waals surface area (Å²) in [5.74, 6) is 0. The minimum absolute atomic E-state index is 0.252. The summed E-state index contributed by atoms with van der Waals surface area (Å²) >= 11 is 0. The van der Waals surface area contributed by atoms with Gasteiger partial charge in [-0.3, -0.25) is 4.99 Å². The van der Waals surface area contributed by atoms with Crippen molar-refractivity contribution in [2.45, 2.75) is 95.0 Å². The molecule has 0 bridgehead atoms. The minimum atomic E-state index is -0.427. The first-order chi connectivity index (χ1) is 10.4. The molecule has 1 unspecified atom stereocenters. The fourth-order valence-electron chi connectivity index (χ4n) is 3.67. The Balaban J connectivity index is 1.40. The molecule has 3 rings (SSSR count). The van der Waals surface area contributed by atoms with Crippen LogP contribution in [0.4, 0.5) is 4.79 Å². The van der Waals surface area contributed by atoms with Crippen LogP contribution in [-0.4, -0.2) is 41.6 Å². The van der Waals surface area contributed by atoms with Crippen molar-refractivity contribution in [2.24, 2.45) is 4.99 Å². The third kappa shape index (κ3) is 3.80. The third-order valence-electron chi connectivity index (χ3n) is 5.05. The molecule has 0 aromatic carbocycles. The lowest BCUT2D eigenvalue weighted by molar-refractivity contribution is 0.0484. The van der Waals surface area contributed by atoms with Gasteiger partial charge >= 0.3 is 6.09 Å². The zero-order chi connectivity index (χ0) is 15.8. The lowest BCUT2D eigenvalue weighted by Gasteiger charge is -2.46. The average Bonchev–Trinajstić information content (AvgIpc) is 3.18. The predicted molar refractivity (Wildman–Crippen MR) is 87.4 cm³/mol. The van der Waals surface area contributed by atoms with Crippen LogP contribution < -0.4 is 10.6 Å². The van der Waals surface area contributed by atoms with Crippen LogP contribution in [0.5, 0.6) is 0 Å². The van der Waals surface area contributed by atoms with Crippen LogP contribution in [0.25, 0.3) is 0 Å². The molecule has 1 aliphatic heterocycles. The number of aliphatic imine (C=N–C) groups is 1. The number of hydrogen-bond acceptors (Lipinski definition) is 4. The Morgan fingerprint density at radius 3 is 2.23 bits per heavy atom. The summed E-state index contributed by atoms with van der Waals surface area (Å²) in [5.41, 5.74) is -0.153. The van der Waals surface area contributed by atoms with Crippen molar-refractivity contribution in [3.63, 3.8) is 0 Å². The van der Waals surface area contributed by atoms with Crippen LogP contribution in [0.1, 0.15) is 65.7 Å². The molecule has 5 heteroatoms. The molecule has 1 atom stereocenters. The lowest BCUT2D eigenvalue weighted by atomic mass is 9.72. The van der Waals surface area contributed by atoms with E-state index in [4.69, 9.17) is 4.74 Å². The van der Waals surface area contributed by atoms with Crippen LogP contribution in [0.3, 0.4) is 0 Å². The topological polar surface area (TPSA) is 62.7 Å². The maximum absolute atomic E-state index is 11.8. The Morgan fingerprint density at radius 2 is 1.77 bits per heavy atom. The molecular weight excluding hydrogens is 278 g/mol. The van der Waals surface area contributed by atoms with Crippen LogP contribution in [0.15, 0.2) is 4.99 Å². The standard InChI is InChI=1S/C17H29N3O2/c1-16(2,3)22-15(21)19-12-5-7-13(8-6-12)20-17(9-4-10-17)14-11-18-14/h11-14,20H,4-10H2,1-3H3,(H,19,21). The molecule has 5 nitrogen and oxygen atoms in total. The molecule has 2 saturated carbocycles. The molecule has 2 N–H and O–H groups in total. The second-order valence-electron chi connectivity index (χ2n) is 8.09. The zero-order valence-corrected chi connectivity index (χ0v) is 14.0. The van der Waals surface area contributed by atoms with Crippen molar-refractivity contribution in [1.29, 1.82) is 0 Å². The van der Waals surface area contributed by atoms with E-state index >= 15 is 0 Å². The van der Waals surface area contributed by atoms with E-state index in [9.17, 15) is 4.79 Å². The van der Waals surface area contributed by atoms with E-state index in [1.807, 2.05) is 20.8 Å². The molecule has 22 heavy (non-hydrogen) atoms. The quantitative estimate of drug-likeness (QED) is 0.839. The molecule has 124 valence electrons. The number of carbonyl (C=O) groups excluding carboxylic acids is 1. The van der Waals surface area contributed by atoms with Crippen molar-refractivity contribution in [3.8, 4) is 0 Å². The summed E-state index contributed by atoms with van der Waals surface area (Å²) in [6, 6.07) is 1.28. The maximum Gasteiger partial charge on any atom is 0.407 e. The van der Waals surface area contributed by atoms with E-state index in [1.54, 1.807) is 0 Å². The average molecular weight is 307 g/mol. The van der Waals surface area contributed by atoms with Crippen molar-refractivity contribution < 1.29 is 9.53 Å². The minimum Gasteiger partial charge on any atom is -0.444 e. The summed E-state index contributed by atoms with van der Waals surface area (Å²) in [6.07, 6.45) is 9.93. The van der Waals surface area contributed by atoms with Gasteiger partial charge in [0, 0.05) is 23.8 Å². The number of ether oxygens (including phenoxy) is 1. The van der Waals surface area contributed by atoms with Crippen LogP contribution >= 0.6 is 0 Å². The summed E-state index contributed by atoms with van der Waals surface area (Å²) in [5, 5.41) is 6.88. The van der Waals surface area contributed by atoms with E-state index in [-0.39, 0.29) is 17.7 Å². The summed E-state index contributed by atoms with van der Waals surface area (Å²) in [7, 11) is 0. The Morgan fingerprint density at radius 1 is 1.18 bits per heavy atom. The maximum atomic E-state index is 11.8. The summed E-state index contributed by atoms with van der Waals surface area (Å²) < 4.78 is 5.33. The number of nitrogens with zero attached hydrogens (tertiary/aromatic N) is 1. The molecule has 1 amide bonds. The summed E-state index contributed by atoms with van der Waals surface area (Å²) in [6.45, 7) is 5.68. The molecular formula is C17H29N3O2. The molecule has 0 spiro atoms. The first kappa shape index (κ1) is 15.8. The van der Waals surface area contributed by atoms with Crippen molar-refractivity contribution in [3.05, 3.63) is 0 Å². The van der Waals surface area contributed by atoms with E-state index in [1.165, 1.54) is 19.3 Å². The zero-order valence-electron chi connectivity index (χ0n) is 14.0. The number of nitrogens with one attached hydrogen (secondary N) is 2. The highest BCUT2D eigenvalue weighted by molar-refractivity contribution is 5.80. The first-order valence-corrected chi connectivity index (χ1v) is 8.67. The second kappa shape index (κ2) is 5.84. The fourth-order valence-corrected chi connectivity index (χ4v) is 3.67. The van der Waals surface area contributed by atoms with E-state index in [0.717, 1.165) is 25.7 Å². The number of amides is 1. The highest BCUT2D eigenvalue weighted by Crippen LogP contribution is 2.40. The van der Waals surface area contributed by atoms with Gasteiger partial charge in [0.05, 0.1) is 0 Å². The smallest absolute Gasteiger partial charge is 0.407 e. The molecule has 0 radical (unpaired) electrons. The van der Waals surface area contributed by atoms with Crippen LogP contribution in [0, 0.1) is 0 Å². The van der Waals surface area contributed by atoms with Gasteiger partial charge in [-0.25, -0.2) is 4.79 Å². The van der Waals surface area contributed by atoms with Gasteiger partial charge in [-0.1, -0.05) is 0 Å². The van der Waals surface area contributed by atoms with E-state index in [2.05, 4.69) is 21.8 Å². The molecule has 3 aliphatic rings. The highest BCUT2D eigenvalue weighted by atomic mass is 16.6. The summed E-state index contributed by atoms with van der Waals surface area (Å²) in [4.78, 5) is 16.2. The Kier molecular flexibility index (Phi) is 4.19. The second-order valence-corrected chi connectivity index (χ2v) is 8.09. The van der Waals surface area contributed by atoms with Crippen LogP contribution in [-0.2, 0) is 4.74 Å². The Bertz CT molecular complexity index is 437. The number of rotatable bonds is 4. The third-order valence-corrected chi connectivity index (χ3v) is 5.05. The highest BCUT2D eigenvalue weighted by Gasteiger charge is 2.48. The molecule has 2 aliphatic carbocycles. The fraction of sp³-hybridized carbons (Fsp3) is 0.882. The number of carbonyl (C=O) groups is 1. The Hall–Kier alpha value is -1.10. The van der Waals surface area contributed by atoms with Gasteiger partial charge in [0.25, 0.3) is 0 Å². The molecule has 0 aromatic rings. The van der Waals surface area contributed by atoms with E-state index < -0.39 is 5.60 Å². The molecule has 0 aromatic heterocycles. The SMILES string of the molecule is CC(C)(C)OC(=O)NC1CCC(NC2(C3C=N3)CCC2)CC1. The van der Waals surface area contributed by atoms with Gasteiger partial charge in [-0.2, -0.15) is 0 Å². The van der Waals surface area contributed by atoms with Crippen molar-refractivity contribution in [2.75, 3.05) is 0 Å². The predicted octanol–water partition coefficient (Wildman–Crippen LogP) is 2.79. The van der Waals surface area contributed by atoms with Gasteiger partial charge in [0.1, 0.15) is 11.6 Å². The normalized spacial score (nSPS) is 33.0. The molecule has 0 saturated heterocycles. The van der Waals surface area contributed by atoms with Crippen molar-refractivity contribution in [1.82, 2.24) is 10.6 Å². The van der Waals surface area contributed by atoms with Gasteiger partial charge < -0.3 is 15.4 Å². The lowest BCUT2D eigenvalue weighted by Crippen LogP contribution is -2.60. The molecule has 2 fully saturated rings. The van der Waals surface area contributed by atoms with Gasteiger partial charge in [-0.05, 0) is 65.7 Å². The number of hydrogen-bond donors (Lipinski definition) is 2. The Labute approximate surface area is 133 Å².